The minimum absolute atomic E-state index is 0.205. The van der Waals surface area contributed by atoms with E-state index in [1.54, 1.807) is 11.7 Å². The highest BCUT2D eigenvalue weighted by Gasteiger charge is 2.30. The molecule has 7 heteroatoms. The number of nitrogens with zero attached hydrogens (tertiary/aromatic N) is 3. The summed E-state index contributed by atoms with van der Waals surface area (Å²) < 4.78 is 39.8. The van der Waals surface area contributed by atoms with Gasteiger partial charge in [0.25, 0.3) is 5.91 Å². The Balaban J connectivity index is 1.79. The van der Waals surface area contributed by atoms with Crippen LogP contribution in [0.2, 0.25) is 0 Å². The largest absolute Gasteiger partial charge is 0.416 e. The summed E-state index contributed by atoms with van der Waals surface area (Å²) in [7, 11) is 1.62. The zero-order valence-corrected chi connectivity index (χ0v) is 15.6. The third kappa shape index (κ3) is 4.08. The van der Waals surface area contributed by atoms with E-state index < -0.39 is 11.7 Å². The molecule has 0 spiro atoms. The van der Waals surface area contributed by atoms with Gasteiger partial charge in [-0.25, -0.2) is 4.68 Å². The minimum atomic E-state index is -4.37. The average Bonchev–Trinajstić information content (AvgIpc) is 3.11. The number of benzene rings is 2. The normalized spacial score (nSPS) is 11.5. The number of amides is 1. The molecular formula is C21H20F3N3O. The molecule has 0 N–H and O–H groups in total. The molecule has 0 aliphatic rings. The topological polar surface area (TPSA) is 38.1 Å². The number of alkyl halides is 3. The number of rotatable bonds is 5. The number of hydrogen-bond donors (Lipinski definition) is 0. The third-order valence-corrected chi connectivity index (χ3v) is 4.48. The second kappa shape index (κ2) is 7.88. The molecule has 2 aromatic carbocycles. The highest BCUT2D eigenvalue weighted by Crippen LogP contribution is 2.29. The van der Waals surface area contributed by atoms with Crippen LogP contribution in [0.1, 0.15) is 34.1 Å². The van der Waals surface area contributed by atoms with Gasteiger partial charge in [0.1, 0.15) is 0 Å². The molecule has 3 aromatic rings. The first-order chi connectivity index (χ1) is 13.3. The second-order valence-electron chi connectivity index (χ2n) is 6.46. The first-order valence-corrected chi connectivity index (χ1v) is 8.85. The Hall–Kier alpha value is -3.09. The molecule has 1 heterocycles. The summed E-state index contributed by atoms with van der Waals surface area (Å²) in [4.78, 5) is 14.4. The smallest absolute Gasteiger partial charge is 0.337 e. The highest BCUT2D eigenvalue weighted by molar-refractivity contribution is 5.95. The van der Waals surface area contributed by atoms with E-state index in [-0.39, 0.29) is 12.5 Å². The van der Waals surface area contributed by atoms with Crippen LogP contribution in [-0.4, -0.2) is 27.6 Å². The van der Waals surface area contributed by atoms with Crippen molar-refractivity contribution < 1.29 is 18.0 Å². The molecule has 0 bridgehead atoms. The maximum Gasteiger partial charge on any atom is 0.416 e. The van der Waals surface area contributed by atoms with Crippen LogP contribution < -0.4 is 0 Å². The molecule has 1 aromatic heterocycles. The summed E-state index contributed by atoms with van der Waals surface area (Å²) >= 11 is 0. The lowest BCUT2D eigenvalue weighted by atomic mass is 10.1. The average molecular weight is 387 g/mol. The second-order valence-corrected chi connectivity index (χ2v) is 6.46. The van der Waals surface area contributed by atoms with Crippen LogP contribution in [0.25, 0.3) is 5.69 Å². The van der Waals surface area contributed by atoms with Crippen molar-refractivity contribution in [3.8, 4) is 5.69 Å². The van der Waals surface area contributed by atoms with E-state index >= 15 is 0 Å². The fraction of sp³-hybridized carbons (Fsp3) is 0.238. The van der Waals surface area contributed by atoms with Crippen molar-refractivity contribution in [2.75, 3.05) is 7.05 Å². The molecule has 0 unspecified atom stereocenters. The van der Waals surface area contributed by atoms with Crippen LogP contribution in [-0.2, 0) is 19.1 Å². The molecule has 0 fully saturated rings. The summed E-state index contributed by atoms with van der Waals surface area (Å²) in [5.74, 6) is -0.223. The van der Waals surface area contributed by atoms with Crippen LogP contribution in [0.3, 0.4) is 0 Å². The molecule has 3 rings (SSSR count). The van der Waals surface area contributed by atoms with E-state index in [1.165, 1.54) is 23.2 Å². The Morgan fingerprint density at radius 3 is 2.29 bits per heavy atom. The molecule has 0 atom stereocenters. The van der Waals surface area contributed by atoms with Gasteiger partial charge < -0.3 is 4.90 Å². The number of para-hydroxylation sites is 1. The quantitative estimate of drug-likeness (QED) is 0.635. The van der Waals surface area contributed by atoms with Crippen molar-refractivity contribution >= 4 is 5.91 Å². The van der Waals surface area contributed by atoms with Gasteiger partial charge in [-0.2, -0.15) is 18.3 Å². The molecular weight excluding hydrogens is 367 g/mol. The van der Waals surface area contributed by atoms with E-state index in [0.717, 1.165) is 23.5 Å². The molecule has 4 nitrogen and oxygen atoms in total. The lowest BCUT2D eigenvalue weighted by Crippen LogP contribution is -2.27. The van der Waals surface area contributed by atoms with Crippen molar-refractivity contribution in [2.45, 2.75) is 26.1 Å². The van der Waals surface area contributed by atoms with E-state index in [0.29, 0.717) is 17.5 Å². The van der Waals surface area contributed by atoms with Crippen molar-refractivity contribution in [3.05, 3.63) is 83.2 Å². The zero-order valence-electron chi connectivity index (χ0n) is 15.6. The van der Waals surface area contributed by atoms with Gasteiger partial charge in [-0.1, -0.05) is 37.3 Å². The van der Waals surface area contributed by atoms with Gasteiger partial charge in [-0.15, -0.1) is 0 Å². The van der Waals surface area contributed by atoms with Crippen LogP contribution in [0.4, 0.5) is 13.2 Å². The Bertz CT molecular complexity index is 947. The summed E-state index contributed by atoms with van der Waals surface area (Å²) in [5, 5.41) is 4.35. The van der Waals surface area contributed by atoms with Crippen molar-refractivity contribution in [2.24, 2.45) is 0 Å². The van der Waals surface area contributed by atoms with Crippen molar-refractivity contribution in [3.63, 3.8) is 0 Å². The van der Waals surface area contributed by atoms with Gasteiger partial charge in [0.2, 0.25) is 0 Å². The fourth-order valence-corrected chi connectivity index (χ4v) is 3.03. The molecule has 0 aliphatic carbocycles. The lowest BCUT2D eigenvalue weighted by Gasteiger charge is -2.18. The van der Waals surface area contributed by atoms with Crippen LogP contribution in [0.15, 0.2) is 60.8 Å². The van der Waals surface area contributed by atoms with Gasteiger partial charge in [0.15, 0.2) is 0 Å². The van der Waals surface area contributed by atoms with Crippen molar-refractivity contribution in [1.29, 1.82) is 0 Å². The fourth-order valence-electron chi connectivity index (χ4n) is 3.03. The molecule has 28 heavy (non-hydrogen) atoms. The number of aromatic nitrogens is 2. The van der Waals surface area contributed by atoms with Gasteiger partial charge in [0.05, 0.1) is 28.7 Å². The van der Waals surface area contributed by atoms with Crippen molar-refractivity contribution in [1.82, 2.24) is 14.7 Å². The highest BCUT2D eigenvalue weighted by atomic mass is 19.4. The molecule has 146 valence electrons. The minimum Gasteiger partial charge on any atom is -0.337 e. The molecule has 0 aliphatic heterocycles. The monoisotopic (exact) mass is 387 g/mol. The first-order valence-electron chi connectivity index (χ1n) is 8.85. The lowest BCUT2D eigenvalue weighted by molar-refractivity contribution is -0.137. The molecule has 0 saturated carbocycles. The Morgan fingerprint density at radius 2 is 1.71 bits per heavy atom. The number of halogens is 3. The summed E-state index contributed by atoms with van der Waals surface area (Å²) in [6.45, 7) is 2.15. The number of carbonyl (C=O) groups is 1. The third-order valence-electron chi connectivity index (χ3n) is 4.48. The van der Waals surface area contributed by atoms with Crippen LogP contribution in [0, 0.1) is 0 Å². The van der Waals surface area contributed by atoms with E-state index in [4.69, 9.17) is 0 Å². The van der Waals surface area contributed by atoms with Crippen LogP contribution in [0.5, 0.6) is 0 Å². The molecule has 0 saturated heterocycles. The number of hydrogen-bond acceptors (Lipinski definition) is 2. The standard InChI is InChI=1S/C21H20F3N3O/c1-3-19-18(13-25-27(19)17-7-5-4-6-8-17)20(28)26(2)14-15-9-11-16(12-10-15)21(22,23)24/h4-13H,3,14H2,1-2H3. The molecule has 1 amide bonds. The van der Waals surface area contributed by atoms with Gasteiger partial charge in [-0.05, 0) is 36.2 Å². The Labute approximate surface area is 161 Å². The predicted molar refractivity (Wildman–Crippen MR) is 100 cm³/mol. The number of carbonyl (C=O) groups excluding carboxylic acids is 1. The summed E-state index contributed by atoms with van der Waals surface area (Å²) in [6, 6.07) is 14.4. The maximum absolute atomic E-state index is 12.9. The summed E-state index contributed by atoms with van der Waals surface area (Å²) in [5.41, 5.74) is 2.06. The maximum atomic E-state index is 12.9. The Morgan fingerprint density at radius 1 is 1.07 bits per heavy atom. The van der Waals surface area contributed by atoms with E-state index in [9.17, 15) is 18.0 Å². The van der Waals surface area contributed by atoms with Gasteiger partial charge in [0, 0.05) is 13.6 Å². The van der Waals surface area contributed by atoms with Gasteiger partial charge >= 0.3 is 6.18 Å². The van der Waals surface area contributed by atoms with E-state index in [2.05, 4.69) is 5.10 Å². The SMILES string of the molecule is CCc1c(C(=O)N(C)Cc2ccc(C(F)(F)F)cc2)cnn1-c1ccccc1. The zero-order chi connectivity index (χ0) is 20.3. The van der Waals surface area contributed by atoms with E-state index in [1.807, 2.05) is 37.3 Å². The predicted octanol–water partition coefficient (Wildman–Crippen LogP) is 4.73. The Kier molecular flexibility index (Phi) is 5.53. The molecule has 0 radical (unpaired) electrons. The summed E-state index contributed by atoms with van der Waals surface area (Å²) in [6.07, 6.45) is -2.22. The van der Waals surface area contributed by atoms with Crippen LogP contribution >= 0.6 is 0 Å². The van der Waals surface area contributed by atoms with Gasteiger partial charge in [-0.3, -0.25) is 4.79 Å². The first kappa shape index (κ1) is 19.7.